The molecule has 186 valence electrons. The van der Waals surface area contributed by atoms with E-state index >= 15 is 0 Å². The third-order valence-corrected chi connectivity index (χ3v) is 7.54. The van der Waals surface area contributed by atoms with Gasteiger partial charge in [0.2, 0.25) is 5.91 Å². The van der Waals surface area contributed by atoms with Gasteiger partial charge in [0.25, 0.3) is 0 Å². The van der Waals surface area contributed by atoms with Gasteiger partial charge in [-0.1, -0.05) is 31.4 Å². The van der Waals surface area contributed by atoms with Gasteiger partial charge in [-0.15, -0.1) is 0 Å². The lowest BCUT2D eigenvalue weighted by Gasteiger charge is -2.48. The van der Waals surface area contributed by atoms with Gasteiger partial charge in [0.1, 0.15) is 0 Å². The average molecular weight is 469 g/mol. The van der Waals surface area contributed by atoms with E-state index in [9.17, 15) is 9.59 Å². The minimum absolute atomic E-state index is 0.155. The Kier molecular flexibility index (Phi) is 7.57. The molecule has 1 aromatic heterocycles. The Balaban J connectivity index is 1.42. The molecule has 8 nitrogen and oxygen atoms in total. The van der Waals surface area contributed by atoms with Crippen molar-refractivity contribution >= 4 is 29.9 Å². The topological polar surface area (TPSA) is 73.7 Å². The summed E-state index contributed by atoms with van der Waals surface area (Å²) in [7, 11) is 0. The summed E-state index contributed by atoms with van der Waals surface area (Å²) in [5.74, 6) is 0.622. The molecule has 0 atom stereocenters. The maximum Gasteiger partial charge on any atom is 0.328 e. The molecule has 34 heavy (non-hydrogen) atoms. The van der Waals surface area contributed by atoms with Crippen LogP contribution in [0.15, 0.2) is 18.3 Å². The molecule has 2 saturated heterocycles. The normalized spacial score (nSPS) is 23.3. The van der Waals surface area contributed by atoms with E-state index in [0.29, 0.717) is 12.2 Å². The maximum absolute atomic E-state index is 12.4. The molecule has 0 aromatic carbocycles. The van der Waals surface area contributed by atoms with Crippen LogP contribution in [-0.2, 0) is 4.79 Å². The first-order valence-corrected chi connectivity index (χ1v) is 12.7. The van der Waals surface area contributed by atoms with Gasteiger partial charge >= 0.3 is 6.03 Å². The molecule has 3 amide bonds. The Morgan fingerprint density at radius 2 is 1.97 bits per heavy atom. The summed E-state index contributed by atoms with van der Waals surface area (Å²) >= 11 is 0. The molecule has 3 fully saturated rings. The minimum Gasteiger partial charge on any atom is -0.296 e. The first kappa shape index (κ1) is 24.7. The number of carbonyl (C=O) groups is 2. The molecule has 1 N–H and O–H groups in total. The van der Waals surface area contributed by atoms with E-state index in [4.69, 9.17) is 0 Å². The van der Waals surface area contributed by atoms with Crippen molar-refractivity contribution in [2.24, 2.45) is 5.92 Å². The van der Waals surface area contributed by atoms with Gasteiger partial charge in [0.05, 0.1) is 17.6 Å². The summed E-state index contributed by atoms with van der Waals surface area (Å²) in [4.78, 5) is 30.8. The van der Waals surface area contributed by atoms with Crippen molar-refractivity contribution < 1.29 is 9.59 Å². The number of nitrogens with zero attached hydrogens (tertiary/aromatic N) is 5. The third-order valence-electron chi connectivity index (χ3n) is 7.54. The number of nitrogens with one attached hydrogen (secondary N) is 1. The molecule has 3 heterocycles. The van der Waals surface area contributed by atoms with Crippen molar-refractivity contribution in [3.05, 3.63) is 24.0 Å². The second-order valence-corrected chi connectivity index (χ2v) is 10.8. The third kappa shape index (κ3) is 5.61. The fraction of sp³-hybridized carbons (Fsp3) is 0.654. The highest BCUT2D eigenvalue weighted by atomic mass is 16.2. The van der Waals surface area contributed by atoms with Gasteiger partial charge in [-0.2, -0.15) is 5.10 Å². The number of rotatable bonds is 7. The number of urea groups is 1. The van der Waals surface area contributed by atoms with Crippen LogP contribution in [0.3, 0.4) is 0 Å². The van der Waals surface area contributed by atoms with Crippen molar-refractivity contribution in [3.63, 3.8) is 0 Å². The molecule has 1 aromatic rings. The van der Waals surface area contributed by atoms with Gasteiger partial charge in [-0.25, -0.2) is 9.48 Å². The van der Waals surface area contributed by atoms with E-state index in [1.54, 1.807) is 22.0 Å². The standard InChI is InChI=1S/C26H40N6O2/c1-5-32-22(23(16-27-32)31-12-11-24(33)28-25(31)34)15-20(2)17-29-13-14-30(26(3,4)19-29)18-21-9-7-6-8-10-21/h5,15-16,21H,1,6-14,17-19H2,2-4H3,(H,28,33,34)/b20-15+. The molecule has 0 radical (unpaired) electrons. The number of hydrogen-bond donors (Lipinski definition) is 1. The minimum atomic E-state index is -0.400. The SMILES string of the molecule is C=Cn1ncc(N2CCC(=O)NC2=O)c1/C=C(\C)CN1CCN(CC2CCCCC2)C(C)(C)C1. The second kappa shape index (κ2) is 10.4. The molecule has 3 aliphatic rings. The summed E-state index contributed by atoms with van der Waals surface area (Å²) in [6, 6.07) is -0.400. The first-order valence-electron chi connectivity index (χ1n) is 12.7. The van der Waals surface area contributed by atoms with E-state index in [2.05, 4.69) is 53.6 Å². The second-order valence-electron chi connectivity index (χ2n) is 10.8. The lowest BCUT2D eigenvalue weighted by molar-refractivity contribution is -0.120. The lowest BCUT2D eigenvalue weighted by atomic mass is 9.87. The molecular formula is C26H40N6O2. The molecular weight excluding hydrogens is 428 g/mol. The van der Waals surface area contributed by atoms with Gasteiger partial charge in [0, 0.05) is 57.4 Å². The van der Waals surface area contributed by atoms with Crippen LogP contribution < -0.4 is 10.2 Å². The number of carbonyl (C=O) groups excluding carboxylic acids is 2. The summed E-state index contributed by atoms with van der Waals surface area (Å²) in [5.41, 5.74) is 2.87. The molecule has 0 spiro atoms. The van der Waals surface area contributed by atoms with Crippen LogP contribution in [-0.4, -0.2) is 76.3 Å². The summed E-state index contributed by atoms with van der Waals surface area (Å²) in [6.07, 6.45) is 12.7. The highest BCUT2D eigenvalue weighted by molar-refractivity contribution is 6.06. The van der Waals surface area contributed by atoms with Crippen LogP contribution in [0.25, 0.3) is 12.3 Å². The van der Waals surface area contributed by atoms with Crippen LogP contribution in [0.1, 0.15) is 65.0 Å². The number of amides is 3. The van der Waals surface area contributed by atoms with Crippen molar-refractivity contribution in [3.8, 4) is 0 Å². The molecule has 4 rings (SSSR count). The summed E-state index contributed by atoms with van der Waals surface area (Å²) < 4.78 is 1.69. The number of anilines is 1. The Hall–Kier alpha value is -2.45. The van der Waals surface area contributed by atoms with Crippen LogP contribution in [0.2, 0.25) is 0 Å². The fourth-order valence-corrected chi connectivity index (χ4v) is 5.73. The van der Waals surface area contributed by atoms with Gasteiger partial charge in [0.15, 0.2) is 0 Å². The smallest absolute Gasteiger partial charge is 0.296 e. The highest BCUT2D eigenvalue weighted by Crippen LogP contribution is 2.30. The first-order chi connectivity index (χ1) is 16.3. The van der Waals surface area contributed by atoms with E-state index in [1.165, 1.54) is 44.2 Å². The van der Waals surface area contributed by atoms with E-state index in [0.717, 1.165) is 37.8 Å². The monoisotopic (exact) mass is 468 g/mol. The number of piperazine rings is 1. The van der Waals surface area contributed by atoms with Crippen molar-refractivity contribution in [2.75, 3.05) is 44.2 Å². The average Bonchev–Trinajstić information content (AvgIpc) is 3.18. The quantitative estimate of drug-likeness (QED) is 0.659. The predicted octanol–water partition coefficient (Wildman–Crippen LogP) is 3.81. The Morgan fingerprint density at radius 1 is 1.21 bits per heavy atom. The lowest BCUT2D eigenvalue weighted by Crippen LogP contribution is -2.60. The van der Waals surface area contributed by atoms with Crippen LogP contribution in [0.4, 0.5) is 10.5 Å². The summed E-state index contributed by atoms with van der Waals surface area (Å²) in [6.45, 7) is 16.4. The number of hydrogen-bond acceptors (Lipinski definition) is 5. The molecule has 1 saturated carbocycles. The molecule has 2 aliphatic heterocycles. The number of imide groups is 1. The van der Waals surface area contributed by atoms with Crippen LogP contribution in [0, 0.1) is 5.92 Å². The Bertz CT molecular complexity index is 943. The van der Waals surface area contributed by atoms with Gasteiger partial charge < -0.3 is 0 Å². The van der Waals surface area contributed by atoms with E-state index in [1.807, 2.05) is 0 Å². The molecule has 1 aliphatic carbocycles. The zero-order chi connectivity index (χ0) is 24.3. The summed E-state index contributed by atoms with van der Waals surface area (Å²) in [5, 5.41) is 6.77. The zero-order valence-corrected chi connectivity index (χ0v) is 21.1. The Morgan fingerprint density at radius 3 is 2.65 bits per heavy atom. The van der Waals surface area contributed by atoms with Crippen molar-refractivity contribution in [2.45, 2.75) is 64.8 Å². The zero-order valence-electron chi connectivity index (χ0n) is 21.1. The molecule has 0 bridgehead atoms. The molecule has 0 unspecified atom stereocenters. The predicted molar refractivity (Wildman–Crippen MR) is 136 cm³/mol. The van der Waals surface area contributed by atoms with E-state index < -0.39 is 6.03 Å². The fourth-order valence-electron chi connectivity index (χ4n) is 5.73. The molecule has 8 heteroatoms. The van der Waals surface area contributed by atoms with Crippen LogP contribution >= 0.6 is 0 Å². The number of aromatic nitrogens is 2. The van der Waals surface area contributed by atoms with Crippen molar-refractivity contribution in [1.82, 2.24) is 24.9 Å². The van der Waals surface area contributed by atoms with Crippen molar-refractivity contribution in [1.29, 1.82) is 0 Å². The largest absolute Gasteiger partial charge is 0.328 e. The van der Waals surface area contributed by atoms with Crippen LogP contribution in [0.5, 0.6) is 0 Å². The Labute approximate surface area is 203 Å². The van der Waals surface area contributed by atoms with Gasteiger partial charge in [-0.3, -0.25) is 24.8 Å². The van der Waals surface area contributed by atoms with E-state index in [-0.39, 0.29) is 17.9 Å². The maximum atomic E-state index is 12.4. The van der Waals surface area contributed by atoms with Gasteiger partial charge in [-0.05, 0) is 45.6 Å². The highest BCUT2D eigenvalue weighted by Gasteiger charge is 2.35.